The zero-order valence-electron chi connectivity index (χ0n) is 12.6. The van der Waals surface area contributed by atoms with Gasteiger partial charge in [-0.3, -0.25) is 4.55 Å². The van der Waals surface area contributed by atoms with E-state index in [9.17, 15) is 26.8 Å². The van der Waals surface area contributed by atoms with Crippen LogP contribution >= 0.6 is 47.8 Å². The van der Waals surface area contributed by atoms with Gasteiger partial charge in [-0.25, -0.2) is 9.59 Å². The van der Waals surface area contributed by atoms with Gasteiger partial charge in [0.2, 0.25) is 0 Å². The van der Waals surface area contributed by atoms with E-state index in [-0.39, 0.29) is 5.75 Å². The lowest BCUT2D eigenvalue weighted by molar-refractivity contribution is -0.153. The second-order valence-electron chi connectivity index (χ2n) is 4.57. The summed E-state index contributed by atoms with van der Waals surface area (Å²) in [6, 6.07) is 3.18. The van der Waals surface area contributed by atoms with Crippen LogP contribution in [-0.4, -0.2) is 36.3 Å². The van der Waals surface area contributed by atoms with Crippen LogP contribution in [0.25, 0.3) is 0 Å². The van der Waals surface area contributed by atoms with Gasteiger partial charge in [-0.2, -0.15) is 17.2 Å². The molecular weight excluding hydrogens is 578 g/mol. The van der Waals surface area contributed by atoms with Crippen LogP contribution in [0, 0.1) is 0 Å². The molecule has 1 N–H and O–H groups in total. The molecule has 0 aliphatic carbocycles. The van der Waals surface area contributed by atoms with Crippen LogP contribution in [-0.2, 0) is 24.4 Å². The molecule has 13 heteroatoms. The molecule has 144 valence electrons. The van der Waals surface area contributed by atoms with E-state index in [1.54, 1.807) is 12.1 Å². The molecule has 0 saturated heterocycles. The lowest BCUT2D eigenvalue weighted by atomic mass is 10.3. The summed E-state index contributed by atoms with van der Waals surface area (Å²) < 4.78 is 66.6. The van der Waals surface area contributed by atoms with Gasteiger partial charge in [-0.1, -0.05) is 15.9 Å². The highest BCUT2D eigenvalue weighted by Crippen LogP contribution is 2.36. The molecule has 0 aliphatic rings. The number of halogens is 5. The fourth-order valence-electron chi connectivity index (χ4n) is 1.39. The first kappa shape index (κ1) is 23.1. The van der Waals surface area contributed by atoms with Crippen molar-refractivity contribution in [3.8, 4) is 5.75 Å². The Labute approximate surface area is 171 Å². The predicted molar refractivity (Wildman–Crippen MR) is 96.4 cm³/mol. The number of ether oxygens (including phenoxy) is 2. The highest BCUT2D eigenvalue weighted by atomic mass is 79.9. The van der Waals surface area contributed by atoms with Gasteiger partial charge in [0.25, 0.3) is 0 Å². The molecule has 0 spiro atoms. The Hall–Kier alpha value is -0.890. The van der Waals surface area contributed by atoms with Crippen LogP contribution in [0.4, 0.5) is 8.78 Å². The molecule has 1 rings (SSSR count). The lowest BCUT2D eigenvalue weighted by Crippen LogP contribution is -2.41. The average Bonchev–Trinajstić information content (AvgIpc) is 2.47. The van der Waals surface area contributed by atoms with E-state index in [4.69, 9.17) is 9.29 Å². The van der Waals surface area contributed by atoms with Gasteiger partial charge in [0, 0.05) is 16.6 Å². The van der Waals surface area contributed by atoms with Gasteiger partial charge >= 0.3 is 27.3 Å². The number of hydrogen-bond acceptors (Lipinski definition) is 6. The molecule has 0 heterocycles. The van der Waals surface area contributed by atoms with Gasteiger partial charge < -0.3 is 9.47 Å². The Morgan fingerprint density at radius 3 is 2.08 bits per heavy atom. The maximum absolute atomic E-state index is 13.2. The molecule has 0 saturated carbocycles. The molecule has 26 heavy (non-hydrogen) atoms. The second kappa shape index (κ2) is 8.87. The van der Waals surface area contributed by atoms with Crippen molar-refractivity contribution in [2.75, 3.05) is 0 Å². The normalized spacial score (nSPS) is 13.5. The average molecular weight is 587 g/mol. The number of rotatable bonds is 6. The minimum atomic E-state index is -5.77. The fraction of sp³-hybridized carbons (Fsp3) is 0.231. The van der Waals surface area contributed by atoms with E-state index in [1.807, 2.05) is 0 Å². The third kappa shape index (κ3) is 6.08. The zero-order valence-corrected chi connectivity index (χ0v) is 18.2. The third-order valence-corrected chi connectivity index (χ3v) is 5.29. The van der Waals surface area contributed by atoms with Crippen LogP contribution in [0.3, 0.4) is 0 Å². The number of hydrogen-bond donors (Lipinski definition) is 1. The van der Waals surface area contributed by atoms with Crippen LogP contribution in [0.1, 0.15) is 6.92 Å². The summed E-state index contributed by atoms with van der Waals surface area (Å²) in [5.41, 5.74) is 0. The standard InChI is InChI=1S/C13H9Br3F2O7S/c1-6(13(17,18)26(21,22)23)24-10(19)2-3-11(20)25-12-8(15)4-7(14)5-9(12)16/h2-6H,1H3,(H,21,22,23)/b3-2+. The number of carbonyl (C=O) groups is 2. The summed E-state index contributed by atoms with van der Waals surface area (Å²) in [5, 5.41) is -4.70. The maximum Gasteiger partial charge on any atom is 0.405 e. The molecule has 0 radical (unpaired) electrons. The van der Waals surface area contributed by atoms with E-state index >= 15 is 0 Å². The van der Waals surface area contributed by atoms with E-state index in [0.717, 1.165) is 0 Å². The molecule has 0 aromatic heterocycles. The first-order chi connectivity index (χ1) is 11.8. The lowest BCUT2D eigenvalue weighted by Gasteiger charge is -2.19. The molecule has 0 bridgehead atoms. The van der Waals surface area contributed by atoms with E-state index in [0.29, 0.717) is 32.5 Å². The summed E-state index contributed by atoms with van der Waals surface area (Å²) in [5.74, 6) is -2.37. The Balaban J connectivity index is 2.76. The summed E-state index contributed by atoms with van der Waals surface area (Å²) in [7, 11) is -5.77. The number of carbonyl (C=O) groups excluding carboxylic acids is 2. The van der Waals surface area contributed by atoms with Crippen molar-refractivity contribution in [1.82, 2.24) is 0 Å². The number of benzene rings is 1. The van der Waals surface area contributed by atoms with E-state index < -0.39 is 33.4 Å². The first-order valence-electron chi connectivity index (χ1n) is 6.35. The van der Waals surface area contributed by atoms with Gasteiger partial charge in [0.05, 0.1) is 8.95 Å². The zero-order chi connectivity index (χ0) is 20.3. The molecular formula is C13H9Br3F2O7S. The molecule has 1 aromatic carbocycles. The minimum absolute atomic E-state index is 0.0995. The Morgan fingerprint density at radius 1 is 1.15 bits per heavy atom. The molecule has 0 amide bonds. The summed E-state index contributed by atoms with van der Waals surface area (Å²) in [6.45, 7) is 0.563. The van der Waals surface area contributed by atoms with E-state index in [2.05, 4.69) is 52.5 Å². The van der Waals surface area contributed by atoms with Crippen LogP contribution in [0.2, 0.25) is 0 Å². The summed E-state index contributed by atoms with van der Waals surface area (Å²) in [4.78, 5) is 23.1. The highest BCUT2D eigenvalue weighted by Gasteiger charge is 2.51. The highest BCUT2D eigenvalue weighted by molar-refractivity contribution is 9.11. The molecule has 7 nitrogen and oxygen atoms in total. The topological polar surface area (TPSA) is 107 Å². The van der Waals surface area contributed by atoms with Crippen molar-refractivity contribution in [3.05, 3.63) is 37.7 Å². The maximum atomic E-state index is 13.2. The number of alkyl halides is 2. The molecule has 0 fully saturated rings. The third-order valence-electron chi connectivity index (χ3n) is 2.63. The van der Waals surface area contributed by atoms with Crippen LogP contribution in [0.5, 0.6) is 5.75 Å². The Bertz CT molecular complexity index is 832. The largest absolute Gasteiger partial charge is 0.452 e. The minimum Gasteiger partial charge on any atom is -0.452 e. The van der Waals surface area contributed by atoms with E-state index in [1.165, 1.54) is 0 Å². The first-order valence-corrected chi connectivity index (χ1v) is 10.2. The van der Waals surface area contributed by atoms with Crippen molar-refractivity contribution >= 4 is 69.8 Å². The Morgan fingerprint density at radius 2 is 1.62 bits per heavy atom. The Kier molecular flexibility index (Phi) is 7.89. The monoisotopic (exact) mass is 584 g/mol. The van der Waals surface area contributed by atoms with Crippen molar-refractivity contribution in [2.45, 2.75) is 18.3 Å². The van der Waals surface area contributed by atoms with Crippen molar-refractivity contribution < 1.29 is 40.8 Å². The molecule has 0 aliphatic heterocycles. The number of esters is 2. The van der Waals surface area contributed by atoms with Crippen molar-refractivity contribution in [3.63, 3.8) is 0 Å². The van der Waals surface area contributed by atoms with Crippen LogP contribution < -0.4 is 4.74 Å². The summed E-state index contributed by atoms with van der Waals surface area (Å²) in [6.07, 6.45) is -1.42. The molecule has 1 atom stereocenters. The van der Waals surface area contributed by atoms with Crippen molar-refractivity contribution in [2.24, 2.45) is 0 Å². The predicted octanol–water partition coefficient (Wildman–Crippen LogP) is 3.85. The van der Waals surface area contributed by atoms with Gasteiger partial charge in [-0.15, -0.1) is 0 Å². The molecule has 1 unspecified atom stereocenters. The van der Waals surface area contributed by atoms with Gasteiger partial charge in [0.1, 0.15) is 0 Å². The van der Waals surface area contributed by atoms with Gasteiger partial charge in [0.15, 0.2) is 11.9 Å². The quantitative estimate of drug-likeness (QED) is 0.234. The smallest absolute Gasteiger partial charge is 0.405 e. The fourth-order valence-corrected chi connectivity index (χ4v) is 4.28. The van der Waals surface area contributed by atoms with Gasteiger partial charge in [-0.05, 0) is 50.9 Å². The molecule has 1 aromatic rings. The second-order valence-corrected chi connectivity index (χ2v) is 8.69. The van der Waals surface area contributed by atoms with Crippen molar-refractivity contribution in [1.29, 1.82) is 0 Å². The van der Waals surface area contributed by atoms with Crippen LogP contribution in [0.15, 0.2) is 37.7 Å². The SMILES string of the molecule is CC(OC(=O)/C=C/C(=O)Oc1c(Br)cc(Br)cc1Br)C(F)(F)S(=O)(=O)O. The summed E-state index contributed by atoms with van der Waals surface area (Å²) >= 11 is 9.54.